The van der Waals surface area contributed by atoms with Gasteiger partial charge >= 0.3 is 0 Å². The molecule has 33 heavy (non-hydrogen) atoms. The van der Waals surface area contributed by atoms with Crippen LogP contribution in [0.2, 0.25) is 0 Å². The predicted octanol–water partition coefficient (Wildman–Crippen LogP) is 4.26. The lowest BCUT2D eigenvalue weighted by atomic mass is 9.87. The van der Waals surface area contributed by atoms with Crippen LogP contribution in [0.25, 0.3) is 0 Å². The lowest BCUT2D eigenvalue weighted by Gasteiger charge is -2.28. The standard InChI is InChI=1S/C25H32N4O3S/c1-6-28(17-23-26-15-16-27-23)24(30)18-29(21-11-7-19(2)8-12-21)33(31,32)22-13-9-20(10-14-22)25(3,4)5/h7-16H,6,17-18H2,1-5H3,(H,26,27). The van der Waals surface area contributed by atoms with E-state index in [1.807, 2.05) is 38.1 Å². The van der Waals surface area contributed by atoms with Gasteiger partial charge in [-0.3, -0.25) is 9.10 Å². The largest absolute Gasteiger partial charge is 0.347 e. The molecule has 2 aromatic carbocycles. The van der Waals surface area contributed by atoms with Crippen molar-refractivity contribution in [3.63, 3.8) is 0 Å². The fraction of sp³-hybridized carbons (Fsp3) is 0.360. The zero-order valence-corrected chi connectivity index (χ0v) is 20.7. The number of carbonyl (C=O) groups excluding carboxylic acids is 1. The van der Waals surface area contributed by atoms with Gasteiger partial charge in [-0.2, -0.15) is 0 Å². The molecule has 0 radical (unpaired) electrons. The predicted molar refractivity (Wildman–Crippen MR) is 131 cm³/mol. The minimum Gasteiger partial charge on any atom is -0.347 e. The molecule has 3 rings (SSSR count). The van der Waals surface area contributed by atoms with E-state index in [2.05, 4.69) is 30.7 Å². The molecule has 3 aromatic rings. The lowest BCUT2D eigenvalue weighted by Crippen LogP contribution is -2.43. The lowest BCUT2D eigenvalue weighted by molar-refractivity contribution is -0.130. The van der Waals surface area contributed by atoms with Gasteiger partial charge in [-0.25, -0.2) is 13.4 Å². The highest BCUT2D eigenvalue weighted by molar-refractivity contribution is 7.92. The molecule has 0 fully saturated rings. The van der Waals surface area contributed by atoms with Crippen molar-refractivity contribution >= 4 is 21.6 Å². The number of anilines is 1. The summed E-state index contributed by atoms with van der Waals surface area (Å²) >= 11 is 0. The summed E-state index contributed by atoms with van der Waals surface area (Å²) in [6.07, 6.45) is 3.32. The number of sulfonamides is 1. The Kier molecular flexibility index (Phi) is 7.27. The van der Waals surface area contributed by atoms with Gasteiger partial charge in [-0.15, -0.1) is 0 Å². The fourth-order valence-electron chi connectivity index (χ4n) is 3.44. The van der Waals surface area contributed by atoms with Crippen LogP contribution in [0, 0.1) is 6.92 Å². The Labute approximate surface area is 196 Å². The first-order valence-electron chi connectivity index (χ1n) is 11.0. The monoisotopic (exact) mass is 468 g/mol. The summed E-state index contributed by atoms with van der Waals surface area (Å²) in [4.78, 5) is 22.1. The molecule has 176 valence electrons. The Hall–Kier alpha value is -3.13. The van der Waals surface area contributed by atoms with Gasteiger partial charge in [0, 0.05) is 18.9 Å². The average molecular weight is 469 g/mol. The van der Waals surface area contributed by atoms with E-state index in [-0.39, 0.29) is 29.3 Å². The third kappa shape index (κ3) is 5.82. The zero-order valence-electron chi connectivity index (χ0n) is 19.9. The number of amides is 1. The highest BCUT2D eigenvalue weighted by Gasteiger charge is 2.29. The maximum atomic E-state index is 13.7. The topological polar surface area (TPSA) is 86.4 Å². The molecule has 0 aliphatic heterocycles. The van der Waals surface area contributed by atoms with Crippen LogP contribution in [-0.2, 0) is 26.8 Å². The Morgan fingerprint density at radius 1 is 1.03 bits per heavy atom. The number of nitrogens with zero attached hydrogens (tertiary/aromatic N) is 3. The molecule has 0 aliphatic carbocycles. The first kappa shape index (κ1) is 24.5. The van der Waals surface area contributed by atoms with Gasteiger partial charge in [0.05, 0.1) is 17.1 Å². The van der Waals surface area contributed by atoms with E-state index in [0.29, 0.717) is 18.1 Å². The summed E-state index contributed by atoms with van der Waals surface area (Å²) in [5.74, 6) is 0.345. The number of rotatable bonds is 8. The maximum absolute atomic E-state index is 13.7. The van der Waals surface area contributed by atoms with Gasteiger partial charge in [0.15, 0.2) is 0 Å². The van der Waals surface area contributed by atoms with Crippen LogP contribution >= 0.6 is 0 Å². The van der Waals surface area contributed by atoms with E-state index in [4.69, 9.17) is 0 Å². The molecule has 0 saturated heterocycles. The number of H-pyrrole nitrogens is 1. The summed E-state index contributed by atoms with van der Waals surface area (Å²) in [6.45, 7) is 10.4. The minimum atomic E-state index is -3.97. The van der Waals surface area contributed by atoms with E-state index in [1.165, 1.54) is 4.31 Å². The molecule has 0 saturated carbocycles. The highest BCUT2D eigenvalue weighted by atomic mass is 32.2. The van der Waals surface area contributed by atoms with Crippen LogP contribution in [0.5, 0.6) is 0 Å². The van der Waals surface area contributed by atoms with Gasteiger partial charge in [-0.05, 0) is 49.1 Å². The van der Waals surface area contributed by atoms with Crippen molar-refractivity contribution in [3.8, 4) is 0 Å². The Morgan fingerprint density at radius 2 is 1.67 bits per heavy atom. The second-order valence-corrected chi connectivity index (χ2v) is 10.9. The van der Waals surface area contributed by atoms with E-state index < -0.39 is 10.0 Å². The first-order chi connectivity index (χ1) is 15.5. The van der Waals surface area contributed by atoms with Crippen molar-refractivity contribution in [1.82, 2.24) is 14.9 Å². The number of likely N-dealkylation sites (N-methyl/N-ethyl adjacent to an activating group) is 1. The van der Waals surface area contributed by atoms with Gasteiger partial charge < -0.3 is 9.88 Å². The number of carbonyl (C=O) groups is 1. The third-order valence-electron chi connectivity index (χ3n) is 5.54. The van der Waals surface area contributed by atoms with Crippen molar-refractivity contribution in [2.75, 3.05) is 17.4 Å². The smallest absolute Gasteiger partial charge is 0.264 e. The van der Waals surface area contributed by atoms with Crippen molar-refractivity contribution in [2.24, 2.45) is 0 Å². The van der Waals surface area contributed by atoms with Crippen molar-refractivity contribution in [3.05, 3.63) is 77.9 Å². The number of aryl methyl sites for hydroxylation is 1. The Balaban J connectivity index is 1.95. The molecule has 1 amide bonds. The molecule has 7 nitrogen and oxygen atoms in total. The normalized spacial score (nSPS) is 11.9. The number of benzene rings is 2. The third-order valence-corrected chi connectivity index (χ3v) is 7.33. The second-order valence-electron chi connectivity index (χ2n) is 9.07. The SMILES string of the molecule is CCN(Cc1ncc[nH]1)C(=O)CN(c1ccc(C)cc1)S(=O)(=O)c1ccc(C(C)(C)C)cc1. The summed E-state index contributed by atoms with van der Waals surface area (Å²) in [5.41, 5.74) is 2.39. The molecule has 1 aromatic heterocycles. The molecule has 0 unspecified atom stereocenters. The van der Waals surface area contributed by atoms with Crippen LogP contribution in [0.4, 0.5) is 5.69 Å². The maximum Gasteiger partial charge on any atom is 0.264 e. The highest BCUT2D eigenvalue weighted by Crippen LogP contribution is 2.27. The van der Waals surface area contributed by atoms with Gasteiger partial charge in [-0.1, -0.05) is 50.6 Å². The first-order valence-corrected chi connectivity index (χ1v) is 12.4. The molecular weight excluding hydrogens is 436 g/mol. The average Bonchev–Trinajstić information content (AvgIpc) is 3.29. The van der Waals surface area contributed by atoms with Gasteiger partial charge in [0.2, 0.25) is 5.91 Å². The van der Waals surface area contributed by atoms with Crippen molar-refractivity contribution in [1.29, 1.82) is 0 Å². The van der Waals surface area contributed by atoms with Crippen LogP contribution in [0.3, 0.4) is 0 Å². The molecule has 1 heterocycles. The van der Waals surface area contributed by atoms with Crippen molar-refractivity contribution in [2.45, 2.75) is 51.5 Å². The Bertz CT molecular complexity index is 1160. The van der Waals surface area contributed by atoms with E-state index >= 15 is 0 Å². The van der Waals surface area contributed by atoms with Crippen molar-refractivity contribution < 1.29 is 13.2 Å². The van der Waals surface area contributed by atoms with E-state index in [1.54, 1.807) is 41.6 Å². The zero-order chi connectivity index (χ0) is 24.2. The molecular formula is C25H32N4O3S. The summed E-state index contributed by atoms with van der Waals surface area (Å²) in [7, 11) is -3.97. The summed E-state index contributed by atoms with van der Waals surface area (Å²) in [6, 6.07) is 14.0. The Morgan fingerprint density at radius 3 is 2.18 bits per heavy atom. The summed E-state index contributed by atoms with van der Waals surface area (Å²) in [5, 5.41) is 0. The number of hydrogen-bond acceptors (Lipinski definition) is 4. The minimum absolute atomic E-state index is 0.0949. The van der Waals surface area contributed by atoms with Gasteiger partial charge in [0.1, 0.15) is 12.4 Å². The van der Waals surface area contributed by atoms with Crippen LogP contribution < -0.4 is 4.31 Å². The number of hydrogen-bond donors (Lipinski definition) is 1. The molecule has 0 spiro atoms. The van der Waals surface area contributed by atoms with E-state index in [0.717, 1.165) is 11.1 Å². The molecule has 0 aliphatic rings. The molecule has 0 bridgehead atoms. The molecule has 8 heteroatoms. The molecule has 1 N–H and O–H groups in total. The molecule has 0 atom stereocenters. The van der Waals surface area contributed by atoms with Crippen LogP contribution in [-0.4, -0.2) is 42.3 Å². The fourth-order valence-corrected chi connectivity index (χ4v) is 4.86. The summed E-state index contributed by atoms with van der Waals surface area (Å²) < 4.78 is 28.5. The van der Waals surface area contributed by atoms with Crippen LogP contribution in [0.1, 0.15) is 44.6 Å². The second kappa shape index (κ2) is 9.79. The number of aromatic amines is 1. The van der Waals surface area contributed by atoms with Gasteiger partial charge in [0.25, 0.3) is 10.0 Å². The number of aromatic nitrogens is 2. The van der Waals surface area contributed by atoms with Crippen LogP contribution in [0.15, 0.2) is 65.8 Å². The van der Waals surface area contributed by atoms with E-state index in [9.17, 15) is 13.2 Å². The quantitative estimate of drug-likeness (QED) is 0.535. The number of imidazole rings is 1. The number of nitrogens with one attached hydrogen (secondary N) is 1.